The van der Waals surface area contributed by atoms with E-state index in [1.165, 1.54) is 0 Å². The molecule has 0 bridgehead atoms. The molecule has 1 aliphatic carbocycles. The molecule has 0 saturated heterocycles. The molecule has 0 amide bonds. The number of aliphatic hydroxyl groups is 3. The Morgan fingerprint density at radius 3 is 2.63 bits per heavy atom. The molecule has 5 nitrogen and oxygen atoms in total. The molecule has 0 heterocycles. The van der Waals surface area contributed by atoms with Crippen molar-refractivity contribution in [2.45, 2.75) is 89.9 Å². The second-order valence-corrected chi connectivity index (χ2v) is 7.46. The van der Waals surface area contributed by atoms with E-state index >= 15 is 0 Å². The van der Waals surface area contributed by atoms with E-state index in [1.54, 1.807) is 13.0 Å². The summed E-state index contributed by atoms with van der Waals surface area (Å²) in [5.41, 5.74) is 0. The van der Waals surface area contributed by atoms with Crippen LogP contribution in [-0.2, 0) is 9.53 Å². The SMILES string of the molecule is CCCCC[C@H]1[C@@H](/C=C/[C@@H](O)C/C=C\CCCC(=O)OCC)[C@H](O)C[C@@H]1O. The van der Waals surface area contributed by atoms with Crippen LogP contribution in [0.25, 0.3) is 0 Å². The van der Waals surface area contributed by atoms with Gasteiger partial charge >= 0.3 is 5.97 Å². The molecule has 1 fully saturated rings. The van der Waals surface area contributed by atoms with E-state index in [2.05, 4.69) is 6.92 Å². The van der Waals surface area contributed by atoms with Gasteiger partial charge in [-0.25, -0.2) is 0 Å². The Morgan fingerprint density at radius 2 is 1.93 bits per heavy atom. The van der Waals surface area contributed by atoms with Crippen LogP contribution in [0.3, 0.4) is 0 Å². The molecule has 156 valence electrons. The van der Waals surface area contributed by atoms with Crippen LogP contribution in [-0.4, -0.2) is 46.2 Å². The zero-order valence-corrected chi connectivity index (χ0v) is 16.9. The standard InChI is InChI=1S/C22H38O5/c1-3-5-8-12-18-19(21(25)16-20(18)24)15-14-17(23)11-9-6-7-10-13-22(26)27-4-2/h6,9,14-15,17-21,23-25H,3-5,7-8,10-13,16H2,1-2H3/b9-6-,15-14+/t17-,18-,19+,20-,21+/m0/s1. The Bertz CT molecular complexity index is 460. The quantitative estimate of drug-likeness (QED) is 0.258. The number of carbonyl (C=O) groups is 1. The van der Waals surface area contributed by atoms with Crippen molar-refractivity contribution in [3.05, 3.63) is 24.3 Å². The van der Waals surface area contributed by atoms with E-state index in [9.17, 15) is 20.1 Å². The first-order chi connectivity index (χ1) is 13.0. The van der Waals surface area contributed by atoms with Crippen molar-refractivity contribution in [1.82, 2.24) is 0 Å². The zero-order chi connectivity index (χ0) is 20.1. The summed E-state index contributed by atoms with van der Waals surface area (Å²) in [7, 11) is 0. The first-order valence-corrected chi connectivity index (χ1v) is 10.5. The number of hydrogen-bond acceptors (Lipinski definition) is 5. The molecule has 1 rings (SSSR count). The summed E-state index contributed by atoms with van der Waals surface area (Å²) >= 11 is 0. The number of ether oxygens (including phenoxy) is 1. The third kappa shape index (κ3) is 9.54. The van der Waals surface area contributed by atoms with Crippen LogP contribution in [0.5, 0.6) is 0 Å². The molecule has 27 heavy (non-hydrogen) atoms. The van der Waals surface area contributed by atoms with Gasteiger partial charge in [-0.2, -0.15) is 0 Å². The van der Waals surface area contributed by atoms with Gasteiger partial charge in [0.25, 0.3) is 0 Å². The maximum atomic E-state index is 11.2. The van der Waals surface area contributed by atoms with Gasteiger partial charge in [-0.05, 0) is 38.5 Å². The Morgan fingerprint density at radius 1 is 1.15 bits per heavy atom. The number of esters is 1. The van der Waals surface area contributed by atoms with E-state index in [-0.39, 0.29) is 17.8 Å². The van der Waals surface area contributed by atoms with Gasteiger partial charge in [-0.3, -0.25) is 4.79 Å². The van der Waals surface area contributed by atoms with Crippen molar-refractivity contribution in [3.63, 3.8) is 0 Å². The van der Waals surface area contributed by atoms with Gasteiger partial charge < -0.3 is 20.1 Å². The molecule has 0 unspecified atom stereocenters. The first kappa shape index (κ1) is 23.9. The minimum Gasteiger partial charge on any atom is -0.466 e. The van der Waals surface area contributed by atoms with Crippen molar-refractivity contribution < 1.29 is 24.9 Å². The minimum atomic E-state index is -0.604. The molecule has 0 aromatic heterocycles. The van der Waals surface area contributed by atoms with Gasteiger partial charge in [0.05, 0.1) is 24.9 Å². The second kappa shape index (κ2) is 13.9. The fourth-order valence-electron chi connectivity index (χ4n) is 3.69. The van der Waals surface area contributed by atoms with Gasteiger partial charge in [-0.15, -0.1) is 0 Å². The molecule has 5 atom stereocenters. The monoisotopic (exact) mass is 382 g/mol. The smallest absolute Gasteiger partial charge is 0.305 e. The summed E-state index contributed by atoms with van der Waals surface area (Å²) in [5.74, 6) is -0.173. The maximum Gasteiger partial charge on any atom is 0.305 e. The molecular weight excluding hydrogens is 344 g/mol. The summed E-state index contributed by atoms with van der Waals surface area (Å²) in [6.07, 6.45) is 13.0. The Hall–Kier alpha value is -1.17. The number of hydrogen-bond donors (Lipinski definition) is 3. The molecule has 1 aliphatic rings. The van der Waals surface area contributed by atoms with Crippen LogP contribution in [0, 0.1) is 11.8 Å². The molecule has 0 aromatic carbocycles. The van der Waals surface area contributed by atoms with Crippen LogP contribution in [0.1, 0.15) is 71.6 Å². The third-order valence-electron chi connectivity index (χ3n) is 5.21. The number of aliphatic hydroxyl groups excluding tert-OH is 3. The molecule has 3 N–H and O–H groups in total. The number of rotatable bonds is 13. The molecule has 0 radical (unpaired) electrons. The average Bonchev–Trinajstić information content (AvgIpc) is 2.89. The summed E-state index contributed by atoms with van der Waals surface area (Å²) in [6.45, 7) is 4.36. The molecule has 0 spiro atoms. The van der Waals surface area contributed by atoms with E-state index in [4.69, 9.17) is 4.74 Å². The van der Waals surface area contributed by atoms with Gasteiger partial charge in [-0.1, -0.05) is 50.5 Å². The van der Waals surface area contributed by atoms with Crippen LogP contribution in [0.2, 0.25) is 0 Å². The lowest BCUT2D eigenvalue weighted by Crippen LogP contribution is -2.21. The molecule has 1 saturated carbocycles. The summed E-state index contributed by atoms with van der Waals surface area (Å²) in [6, 6.07) is 0. The average molecular weight is 383 g/mol. The van der Waals surface area contributed by atoms with E-state index in [1.807, 2.05) is 18.2 Å². The highest BCUT2D eigenvalue weighted by Gasteiger charge is 2.39. The highest BCUT2D eigenvalue weighted by Crippen LogP contribution is 2.37. The third-order valence-corrected chi connectivity index (χ3v) is 5.21. The van der Waals surface area contributed by atoms with Gasteiger partial charge in [0.15, 0.2) is 0 Å². The highest BCUT2D eigenvalue weighted by atomic mass is 16.5. The van der Waals surface area contributed by atoms with Crippen molar-refractivity contribution >= 4 is 5.97 Å². The zero-order valence-electron chi connectivity index (χ0n) is 16.9. The number of carbonyl (C=O) groups excluding carboxylic acids is 1. The molecule has 0 aliphatic heterocycles. The maximum absolute atomic E-state index is 11.2. The number of unbranched alkanes of at least 4 members (excludes halogenated alkanes) is 3. The van der Waals surface area contributed by atoms with Crippen LogP contribution in [0.4, 0.5) is 0 Å². The predicted molar refractivity (Wildman–Crippen MR) is 107 cm³/mol. The second-order valence-electron chi connectivity index (χ2n) is 7.46. The minimum absolute atomic E-state index is 0.0772. The van der Waals surface area contributed by atoms with Gasteiger partial charge in [0, 0.05) is 18.8 Å². The summed E-state index contributed by atoms with van der Waals surface area (Å²) in [4.78, 5) is 11.2. The van der Waals surface area contributed by atoms with Crippen LogP contribution >= 0.6 is 0 Å². The molecular formula is C22H38O5. The first-order valence-electron chi connectivity index (χ1n) is 10.5. The fourth-order valence-corrected chi connectivity index (χ4v) is 3.69. The Labute approximate surface area is 164 Å². The summed E-state index contributed by atoms with van der Waals surface area (Å²) < 4.78 is 4.87. The predicted octanol–water partition coefficient (Wildman–Crippen LogP) is 3.52. The van der Waals surface area contributed by atoms with E-state index in [0.717, 1.165) is 38.5 Å². The molecule has 5 heteroatoms. The van der Waals surface area contributed by atoms with E-state index in [0.29, 0.717) is 25.9 Å². The van der Waals surface area contributed by atoms with Crippen molar-refractivity contribution in [2.75, 3.05) is 6.61 Å². The normalized spacial score (nSPS) is 26.9. The lowest BCUT2D eigenvalue weighted by atomic mass is 9.88. The Kier molecular flexibility index (Phi) is 12.3. The number of allylic oxidation sites excluding steroid dienone is 1. The fraction of sp³-hybridized carbons (Fsp3) is 0.773. The van der Waals surface area contributed by atoms with Gasteiger partial charge in [0.2, 0.25) is 0 Å². The van der Waals surface area contributed by atoms with E-state index < -0.39 is 18.3 Å². The lowest BCUT2D eigenvalue weighted by molar-refractivity contribution is -0.143. The van der Waals surface area contributed by atoms with Crippen molar-refractivity contribution in [2.24, 2.45) is 11.8 Å². The summed E-state index contributed by atoms with van der Waals surface area (Å²) in [5, 5.41) is 30.5. The topological polar surface area (TPSA) is 87.0 Å². The Balaban J connectivity index is 2.34. The van der Waals surface area contributed by atoms with Crippen molar-refractivity contribution in [3.8, 4) is 0 Å². The highest BCUT2D eigenvalue weighted by molar-refractivity contribution is 5.69. The van der Waals surface area contributed by atoms with Gasteiger partial charge in [0.1, 0.15) is 0 Å². The largest absolute Gasteiger partial charge is 0.466 e. The lowest BCUT2D eigenvalue weighted by Gasteiger charge is -2.21. The van der Waals surface area contributed by atoms with Crippen LogP contribution in [0.15, 0.2) is 24.3 Å². The van der Waals surface area contributed by atoms with Crippen molar-refractivity contribution in [1.29, 1.82) is 0 Å². The molecule has 0 aromatic rings. The van der Waals surface area contributed by atoms with Crippen LogP contribution < -0.4 is 0 Å².